The van der Waals surface area contributed by atoms with Crippen LogP contribution >= 0.6 is 0 Å². The van der Waals surface area contributed by atoms with E-state index in [4.69, 9.17) is 19.7 Å². The molecule has 1 aliphatic heterocycles. The van der Waals surface area contributed by atoms with E-state index in [1.54, 1.807) is 0 Å². The minimum absolute atomic E-state index is 0.599. The highest BCUT2D eigenvalue weighted by Crippen LogP contribution is 2.63. The topological polar surface area (TPSA) is 71.7 Å². The zero-order chi connectivity index (χ0) is 34.6. The number of ether oxygens (including phenoxy) is 1. The second-order valence-corrected chi connectivity index (χ2v) is 13.1. The molecule has 0 unspecified atom stereocenters. The monoisotopic (exact) mass is 664 g/mol. The molecule has 0 atom stereocenters. The van der Waals surface area contributed by atoms with Crippen LogP contribution in [0.4, 0.5) is 0 Å². The molecule has 2 aliphatic rings. The fraction of sp³-hybridized carbons (Fsp3) is 0.0213. The van der Waals surface area contributed by atoms with Gasteiger partial charge in [-0.1, -0.05) is 140 Å². The van der Waals surface area contributed by atoms with Crippen LogP contribution in [0.3, 0.4) is 0 Å². The maximum atomic E-state index is 9.58. The molecule has 1 aromatic heterocycles. The summed E-state index contributed by atoms with van der Waals surface area (Å²) in [4.78, 5) is 15.1. The van der Waals surface area contributed by atoms with Crippen LogP contribution in [-0.4, -0.2) is 15.0 Å². The summed E-state index contributed by atoms with van der Waals surface area (Å²) in [5.41, 5.74) is 11.6. The van der Waals surface area contributed by atoms with Gasteiger partial charge in [0.05, 0.1) is 17.0 Å². The number of nitriles is 1. The molecule has 5 nitrogen and oxygen atoms in total. The molecule has 0 saturated carbocycles. The third kappa shape index (κ3) is 4.45. The Morgan fingerprint density at radius 1 is 0.423 bits per heavy atom. The lowest BCUT2D eigenvalue weighted by Crippen LogP contribution is -2.32. The molecule has 1 aliphatic carbocycles. The summed E-state index contributed by atoms with van der Waals surface area (Å²) in [6, 6.07) is 60.2. The highest BCUT2D eigenvalue weighted by Gasteiger charge is 2.51. The van der Waals surface area contributed by atoms with E-state index in [1.165, 1.54) is 5.56 Å². The third-order valence-electron chi connectivity index (χ3n) is 10.2. The number of nitrogens with zero attached hydrogens (tertiary/aromatic N) is 4. The molecule has 52 heavy (non-hydrogen) atoms. The Morgan fingerprint density at radius 3 is 1.54 bits per heavy atom. The Bertz CT molecular complexity index is 2610. The van der Waals surface area contributed by atoms with E-state index < -0.39 is 5.41 Å². The van der Waals surface area contributed by atoms with Crippen LogP contribution < -0.4 is 4.74 Å². The molecule has 0 N–H and O–H groups in total. The van der Waals surface area contributed by atoms with Crippen molar-refractivity contribution in [3.63, 3.8) is 0 Å². The third-order valence-corrected chi connectivity index (χ3v) is 10.2. The Balaban J connectivity index is 1.27. The molecule has 2 heterocycles. The highest BCUT2D eigenvalue weighted by atomic mass is 16.5. The van der Waals surface area contributed by atoms with Gasteiger partial charge in [0.25, 0.3) is 0 Å². The van der Waals surface area contributed by atoms with Crippen LogP contribution in [0.1, 0.15) is 27.8 Å². The maximum Gasteiger partial charge on any atom is 0.164 e. The predicted molar refractivity (Wildman–Crippen MR) is 204 cm³/mol. The number of benzene rings is 7. The van der Waals surface area contributed by atoms with Gasteiger partial charge in [-0.2, -0.15) is 5.26 Å². The average Bonchev–Trinajstić information content (AvgIpc) is 3.51. The minimum atomic E-state index is -0.638. The summed E-state index contributed by atoms with van der Waals surface area (Å²) in [5.74, 6) is 3.51. The number of rotatable bonds is 4. The second kappa shape index (κ2) is 11.7. The molecule has 5 heteroatoms. The van der Waals surface area contributed by atoms with Crippen molar-refractivity contribution in [2.45, 2.75) is 5.41 Å². The van der Waals surface area contributed by atoms with Gasteiger partial charge in [-0.15, -0.1) is 0 Å². The Morgan fingerprint density at radius 2 is 0.942 bits per heavy atom. The lowest BCUT2D eigenvalue weighted by atomic mass is 9.66. The highest BCUT2D eigenvalue weighted by molar-refractivity contribution is 5.97. The number of aromatic nitrogens is 3. The van der Waals surface area contributed by atoms with Crippen molar-refractivity contribution in [2.24, 2.45) is 0 Å². The summed E-state index contributed by atoms with van der Waals surface area (Å²) in [5, 5.41) is 9.58. The SMILES string of the molecule is N#Cc1ccc(-c2cccc3c2-c2cc(-c4nc(-c5ccccc5)nc(-c5ccccc5)n4)ccc2C32c3ccccc3Oc3ccccc32)cc1. The van der Waals surface area contributed by atoms with E-state index in [9.17, 15) is 5.26 Å². The summed E-state index contributed by atoms with van der Waals surface area (Å²) >= 11 is 0. The lowest BCUT2D eigenvalue weighted by Gasteiger charge is -2.39. The number of fused-ring (bicyclic) bond motifs is 9. The van der Waals surface area contributed by atoms with Gasteiger partial charge >= 0.3 is 0 Å². The van der Waals surface area contributed by atoms with Crippen molar-refractivity contribution in [2.75, 3.05) is 0 Å². The van der Waals surface area contributed by atoms with Crippen molar-refractivity contribution in [3.8, 4) is 74.0 Å². The largest absolute Gasteiger partial charge is 0.457 e. The second-order valence-electron chi connectivity index (χ2n) is 13.1. The van der Waals surface area contributed by atoms with Gasteiger partial charge in [-0.3, -0.25) is 0 Å². The van der Waals surface area contributed by atoms with Crippen LogP contribution in [0.2, 0.25) is 0 Å². The van der Waals surface area contributed by atoms with E-state index in [0.29, 0.717) is 23.0 Å². The summed E-state index contributed by atoms with van der Waals surface area (Å²) in [6.07, 6.45) is 0. The quantitative estimate of drug-likeness (QED) is 0.187. The smallest absolute Gasteiger partial charge is 0.164 e. The molecule has 10 rings (SSSR count). The molecule has 0 amide bonds. The zero-order valence-corrected chi connectivity index (χ0v) is 27.9. The molecule has 0 radical (unpaired) electrons. The normalized spacial score (nSPS) is 12.9. The summed E-state index contributed by atoms with van der Waals surface area (Å²) < 4.78 is 6.58. The van der Waals surface area contributed by atoms with Gasteiger partial charge in [-0.05, 0) is 63.7 Å². The molecule has 0 saturated heterocycles. The van der Waals surface area contributed by atoms with Crippen molar-refractivity contribution in [1.29, 1.82) is 5.26 Å². The fourth-order valence-electron chi connectivity index (χ4n) is 7.99. The standard InChI is InChI=1S/C47H28N4O/c48-29-30-22-24-31(25-23-30)35-16-11-19-40-43(35)36-28-34(46-50-44(32-12-3-1-4-13-32)49-45(51-46)33-14-5-2-6-15-33)26-27-37(36)47(40)38-17-7-9-20-41(38)52-42-21-10-8-18-39(42)47/h1-28H. The summed E-state index contributed by atoms with van der Waals surface area (Å²) in [6.45, 7) is 0. The lowest BCUT2D eigenvalue weighted by molar-refractivity contribution is 0.436. The first kappa shape index (κ1) is 29.7. The predicted octanol–water partition coefficient (Wildman–Crippen LogP) is 10.9. The van der Waals surface area contributed by atoms with Crippen molar-refractivity contribution in [1.82, 2.24) is 15.0 Å². The Kier molecular flexibility index (Phi) is 6.70. The molecule has 7 aromatic carbocycles. The fourth-order valence-corrected chi connectivity index (χ4v) is 7.99. The van der Waals surface area contributed by atoms with Gasteiger partial charge in [0.1, 0.15) is 11.5 Å². The van der Waals surface area contributed by atoms with E-state index in [1.807, 2.05) is 97.1 Å². The van der Waals surface area contributed by atoms with Gasteiger partial charge in [0, 0.05) is 27.8 Å². The van der Waals surface area contributed by atoms with Crippen LogP contribution in [0, 0.1) is 11.3 Å². The molecule has 8 aromatic rings. The maximum absolute atomic E-state index is 9.58. The van der Waals surface area contributed by atoms with Crippen molar-refractivity contribution >= 4 is 0 Å². The Labute approximate surface area is 301 Å². The molecular formula is C47H28N4O. The zero-order valence-electron chi connectivity index (χ0n) is 27.9. The first-order valence-corrected chi connectivity index (χ1v) is 17.3. The first-order chi connectivity index (χ1) is 25.7. The molecule has 242 valence electrons. The molecule has 0 bridgehead atoms. The van der Waals surface area contributed by atoms with Crippen LogP contribution in [-0.2, 0) is 5.41 Å². The van der Waals surface area contributed by atoms with E-state index in [0.717, 1.165) is 67.1 Å². The Hall–Kier alpha value is -7.16. The van der Waals surface area contributed by atoms with Crippen molar-refractivity contribution < 1.29 is 4.74 Å². The van der Waals surface area contributed by atoms with E-state index in [2.05, 4.69) is 78.9 Å². The molecule has 1 spiro atoms. The number of hydrogen-bond acceptors (Lipinski definition) is 5. The summed E-state index contributed by atoms with van der Waals surface area (Å²) in [7, 11) is 0. The van der Waals surface area contributed by atoms with Gasteiger partial charge in [-0.25, -0.2) is 15.0 Å². The molecule has 0 fully saturated rings. The number of hydrogen-bond donors (Lipinski definition) is 0. The van der Waals surface area contributed by atoms with Gasteiger partial charge in [0.15, 0.2) is 17.5 Å². The van der Waals surface area contributed by atoms with E-state index >= 15 is 0 Å². The van der Waals surface area contributed by atoms with Gasteiger partial charge < -0.3 is 4.74 Å². The van der Waals surface area contributed by atoms with Crippen LogP contribution in [0.15, 0.2) is 170 Å². The average molecular weight is 665 g/mol. The van der Waals surface area contributed by atoms with Crippen molar-refractivity contribution in [3.05, 3.63) is 198 Å². The number of para-hydroxylation sites is 2. The molecular weight excluding hydrogens is 637 g/mol. The van der Waals surface area contributed by atoms with Gasteiger partial charge in [0.2, 0.25) is 0 Å². The first-order valence-electron chi connectivity index (χ1n) is 17.3. The van der Waals surface area contributed by atoms with E-state index in [-0.39, 0.29) is 0 Å². The van der Waals surface area contributed by atoms with Crippen LogP contribution in [0.25, 0.3) is 56.4 Å². The van der Waals surface area contributed by atoms with Crippen LogP contribution in [0.5, 0.6) is 11.5 Å². The minimum Gasteiger partial charge on any atom is -0.457 e.